The van der Waals surface area contributed by atoms with Crippen molar-refractivity contribution in [3.8, 4) is 17.2 Å². The summed E-state index contributed by atoms with van der Waals surface area (Å²) in [6, 6.07) is 11.5. The highest BCUT2D eigenvalue weighted by atomic mass is 79.9. The quantitative estimate of drug-likeness (QED) is 0.695. The minimum absolute atomic E-state index is 0.0304. The van der Waals surface area contributed by atoms with Crippen LogP contribution in [-0.2, 0) is 4.79 Å². The first-order chi connectivity index (χ1) is 11.6. The van der Waals surface area contributed by atoms with Crippen molar-refractivity contribution in [1.82, 2.24) is 5.32 Å². The van der Waals surface area contributed by atoms with Crippen molar-refractivity contribution in [2.45, 2.75) is 0 Å². The maximum absolute atomic E-state index is 13.5. The molecule has 128 valence electrons. The van der Waals surface area contributed by atoms with Crippen LogP contribution in [0.2, 0.25) is 0 Å². The van der Waals surface area contributed by atoms with Crippen molar-refractivity contribution >= 4 is 21.8 Å². The molecule has 0 aliphatic rings. The standard InChI is InChI=1S/C17H17BrFNO4/c1-22-13-3-5-14(6-4-13)23-9-8-20-17(21)11-24-16-7-2-12(18)10-15(16)19/h2-7,10H,8-9,11H2,1H3,(H,20,21). The van der Waals surface area contributed by atoms with Crippen molar-refractivity contribution in [1.29, 1.82) is 0 Å². The predicted molar refractivity (Wildman–Crippen MR) is 91.1 cm³/mol. The molecule has 0 saturated heterocycles. The van der Waals surface area contributed by atoms with Gasteiger partial charge >= 0.3 is 0 Å². The lowest BCUT2D eigenvalue weighted by molar-refractivity contribution is -0.123. The Kier molecular flexibility index (Phi) is 6.87. The van der Waals surface area contributed by atoms with Gasteiger partial charge in [0, 0.05) is 4.47 Å². The van der Waals surface area contributed by atoms with Crippen LogP contribution in [0.15, 0.2) is 46.9 Å². The van der Waals surface area contributed by atoms with Crippen LogP contribution in [0.25, 0.3) is 0 Å². The zero-order chi connectivity index (χ0) is 17.4. The molecule has 0 saturated carbocycles. The first-order valence-electron chi connectivity index (χ1n) is 7.20. The SMILES string of the molecule is COc1ccc(OCCNC(=O)COc2ccc(Br)cc2F)cc1. The number of rotatable bonds is 8. The molecule has 24 heavy (non-hydrogen) atoms. The predicted octanol–water partition coefficient (Wildman–Crippen LogP) is 3.17. The molecular weight excluding hydrogens is 381 g/mol. The average molecular weight is 398 g/mol. The van der Waals surface area contributed by atoms with E-state index in [0.29, 0.717) is 23.4 Å². The van der Waals surface area contributed by atoms with E-state index in [2.05, 4.69) is 21.2 Å². The summed E-state index contributed by atoms with van der Waals surface area (Å²) in [5.41, 5.74) is 0. The minimum atomic E-state index is -0.528. The first kappa shape index (κ1) is 18.1. The van der Waals surface area contributed by atoms with Crippen molar-refractivity contribution in [2.24, 2.45) is 0 Å². The Morgan fingerprint density at radius 2 is 1.83 bits per heavy atom. The number of carbonyl (C=O) groups is 1. The van der Waals surface area contributed by atoms with Crippen LogP contribution in [0.4, 0.5) is 4.39 Å². The lowest BCUT2D eigenvalue weighted by Gasteiger charge is -2.10. The molecule has 0 heterocycles. The van der Waals surface area contributed by atoms with E-state index >= 15 is 0 Å². The van der Waals surface area contributed by atoms with E-state index in [1.54, 1.807) is 37.4 Å². The summed E-state index contributed by atoms with van der Waals surface area (Å²) in [5.74, 6) is 0.574. The summed E-state index contributed by atoms with van der Waals surface area (Å²) >= 11 is 3.15. The zero-order valence-electron chi connectivity index (χ0n) is 13.1. The highest BCUT2D eigenvalue weighted by molar-refractivity contribution is 9.10. The second kappa shape index (κ2) is 9.12. The second-order valence-electron chi connectivity index (χ2n) is 4.74. The molecule has 2 aromatic rings. The number of nitrogens with one attached hydrogen (secondary N) is 1. The summed E-state index contributed by atoms with van der Waals surface area (Å²) in [7, 11) is 1.59. The second-order valence-corrected chi connectivity index (χ2v) is 5.65. The Labute approximate surface area is 147 Å². The molecule has 2 rings (SSSR count). The largest absolute Gasteiger partial charge is 0.497 e. The van der Waals surface area contributed by atoms with Gasteiger partial charge in [0.05, 0.1) is 13.7 Å². The molecular formula is C17H17BrFNO4. The smallest absolute Gasteiger partial charge is 0.258 e. The molecule has 7 heteroatoms. The van der Waals surface area contributed by atoms with Crippen LogP contribution >= 0.6 is 15.9 Å². The molecule has 1 amide bonds. The molecule has 2 aromatic carbocycles. The lowest BCUT2D eigenvalue weighted by atomic mass is 10.3. The van der Waals surface area contributed by atoms with E-state index in [1.807, 2.05) is 0 Å². The van der Waals surface area contributed by atoms with Gasteiger partial charge in [-0.15, -0.1) is 0 Å². The Morgan fingerprint density at radius 3 is 2.50 bits per heavy atom. The van der Waals surface area contributed by atoms with E-state index in [4.69, 9.17) is 14.2 Å². The number of ether oxygens (including phenoxy) is 3. The number of carbonyl (C=O) groups excluding carboxylic acids is 1. The van der Waals surface area contributed by atoms with Crippen LogP contribution < -0.4 is 19.5 Å². The van der Waals surface area contributed by atoms with Gasteiger partial charge in [-0.2, -0.15) is 0 Å². The van der Waals surface area contributed by atoms with E-state index in [9.17, 15) is 9.18 Å². The molecule has 0 aliphatic carbocycles. The Morgan fingerprint density at radius 1 is 1.12 bits per heavy atom. The highest BCUT2D eigenvalue weighted by Crippen LogP contribution is 2.21. The van der Waals surface area contributed by atoms with Crippen LogP contribution in [-0.4, -0.2) is 32.8 Å². The Bertz CT molecular complexity index is 679. The maximum Gasteiger partial charge on any atom is 0.258 e. The van der Waals surface area contributed by atoms with Gasteiger partial charge in [-0.05, 0) is 42.5 Å². The molecule has 0 atom stereocenters. The van der Waals surface area contributed by atoms with Gasteiger partial charge in [0.15, 0.2) is 18.2 Å². The van der Waals surface area contributed by atoms with Crippen molar-refractivity contribution in [3.63, 3.8) is 0 Å². The van der Waals surface area contributed by atoms with Gasteiger partial charge in [0.1, 0.15) is 18.1 Å². The third-order valence-corrected chi connectivity index (χ3v) is 3.50. The monoisotopic (exact) mass is 397 g/mol. The van der Waals surface area contributed by atoms with Gasteiger partial charge < -0.3 is 19.5 Å². The summed E-state index contributed by atoms with van der Waals surface area (Å²) in [6.07, 6.45) is 0. The Balaban J connectivity index is 1.65. The lowest BCUT2D eigenvalue weighted by Crippen LogP contribution is -2.32. The van der Waals surface area contributed by atoms with E-state index in [-0.39, 0.29) is 18.3 Å². The molecule has 0 bridgehead atoms. The van der Waals surface area contributed by atoms with Crippen LogP contribution in [0.3, 0.4) is 0 Å². The number of benzene rings is 2. The number of hydrogen-bond acceptors (Lipinski definition) is 4. The summed E-state index contributed by atoms with van der Waals surface area (Å²) in [6.45, 7) is 0.364. The van der Waals surface area contributed by atoms with Crippen LogP contribution in [0.1, 0.15) is 0 Å². The van der Waals surface area contributed by atoms with E-state index in [0.717, 1.165) is 5.75 Å². The highest BCUT2D eigenvalue weighted by Gasteiger charge is 2.07. The van der Waals surface area contributed by atoms with Gasteiger partial charge in [-0.3, -0.25) is 4.79 Å². The van der Waals surface area contributed by atoms with Crippen molar-refractivity contribution < 1.29 is 23.4 Å². The van der Waals surface area contributed by atoms with Gasteiger partial charge in [-0.25, -0.2) is 4.39 Å². The van der Waals surface area contributed by atoms with Gasteiger partial charge in [0.2, 0.25) is 0 Å². The van der Waals surface area contributed by atoms with Crippen LogP contribution in [0, 0.1) is 5.82 Å². The van der Waals surface area contributed by atoms with E-state index < -0.39 is 5.82 Å². The van der Waals surface area contributed by atoms with Crippen molar-refractivity contribution in [2.75, 3.05) is 26.9 Å². The molecule has 0 radical (unpaired) electrons. The third kappa shape index (κ3) is 5.73. The average Bonchev–Trinajstić information content (AvgIpc) is 2.58. The molecule has 0 spiro atoms. The number of halogens is 2. The molecule has 5 nitrogen and oxygen atoms in total. The fourth-order valence-corrected chi connectivity index (χ4v) is 2.15. The molecule has 0 aliphatic heterocycles. The molecule has 0 unspecified atom stereocenters. The minimum Gasteiger partial charge on any atom is -0.497 e. The molecule has 1 N–H and O–H groups in total. The van der Waals surface area contributed by atoms with E-state index in [1.165, 1.54) is 12.1 Å². The van der Waals surface area contributed by atoms with Crippen molar-refractivity contribution in [3.05, 3.63) is 52.8 Å². The summed E-state index contributed by atoms with van der Waals surface area (Å²) < 4.78 is 29.8. The normalized spacial score (nSPS) is 10.1. The topological polar surface area (TPSA) is 56.8 Å². The first-order valence-corrected chi connectivity index (χ1v) is 7.99. The number of amides is 1. The fraction of sp³-hybridized carbons (Fsp3) is 0.235. The molecule has 0 aromatic heterocycles. The zero-order valence-corrected chi connectivity index (χ0v) is 14.6. The maximum atomic E-state index is 13.5. The summed E-state index contributed by atoms with van der Waals surface area (Å²) in [4.78, 5) is 11.6. The van der Waals surface area contributed by atoms with Gasteiger partial charge in [0.25, 0.3) is 5.91 Å². The Hall–Kier alpha value is -2.28. The number of methoxy groups -OCH3 is 1. The number of hydrogen-bond donors (Lipinski definition) is 1. The van der Waals surface area contributed by atoms with Gasteiger partial charge in [-0.1, -0.05) is 15.9 Å². The summed E-state index contributed by atoms with van der Waals surface area (Å²) in [5, 5.41) is 2.63. The fourth-order valence-electron chi connectivity index (χ4n) is 1.82. The van der Waals surface area contributed by atoms with Crippen LogP contribution in [0.5, 0.6) is 17.2 Å². The molecule has 0 fully saturated rings. The third-order valence-electron chi connectivity index (χ3n) is 3.01.